The Morgan fingerprint density at radius 1 is 0.939 bits per heavy atom. The molecule has 0 saturated carbocycles. The number of benzene rings is 3. The Morgan fingerprint density at radius 2 is 1.70 bits per heavy atom. The van der Waals surface area contributed by atoms with Crippen molar-refractivity contribution in [3.05, 3.63) is 97.6 Å². The summed E-state index contributed by atoms with van der Waals surface area (Å²) >= 11 is 0. The maximum Gasteiger partial charge on any atom is 0.301 e. The number of nitro benzene ring substituents is 2. The first kappa shape index (κ1) is 23.2. The predicted molar refractivity (Wildman–Crippen MR) is 124 cm³/mol. The smallest absolute Gasteiger partial charge is 0.301 e. The summed E-state index contributed by atoms with van der Waals surface area (Å²) in [5, 5.41) is 26.1. The van der Waals surface area contributed by atoms with Crippen molar-refractivity contribution in [1.82, 2.24) is 0 Å². The average Bonchev–Trinajstić information content (AvgIpc) is 2.79. The number of anilines is 1. The van der Waals surface area contributed by atoms with Crippen molar-refractivity contribution >= 4 is 23.3 Å². The van der Waals surface area contributed by atoms with E-state index in [2.05, 4.69) is 10.5 Å². The number of hydrogen-bond donors (Lipinski definition) is 1. The first-order valence-electron chi connectivity index (χ1n) is 10.0. The Labute approximate surface area is 189 Å². The predicted octanol–water partition coefficient (Wildman–Crippen LogP) is 5.24. The van der Waals surface area contributed by atoms with E-state index in [1.807, 2.05) is 38.1 Å². The summed E-state index contributed by atoms with van der Waals surface area (Å²) in [5.74, 6) is 1.11. The molecule has 3 rings (SSSR count). The highest BCUT2D eigenvalue weighted by molar-refractivity contribution is 5.82. The van der Waals surface area contributed by atoms with Crippen LogP contribution in [-0.4, -0.2) is 22.7 Å². The lowest BCUT2D eigenvalue weighted by Crippen LogP contribution is -2.01. The van der Waals surface area contributed by atoms with E-state index in [0.717, 1.165) is 17.7 Å². The molecule has 0 bridgehead atoms. The van der Waals surface area contributed by atoms with Crippen molar-refractivity contribution in [1.29, 1.82) is 0 Å². The number of rotatable bonds is 10. The zero-order valence-electron chi connectivity index (χ0n) is 18.1. The van der Waals surface area contributed by atoms with Gasteiger partial charge < -0.3 is 9.47 Å². The van der Waals surface area contributed by atoms with Crippen LogP contribution >= 0.6 is 0 Å². The maximum absolute atomic E-state index is 11.2. The molecule has 0 aliphatic rings. The van der Waals surface area contributed by atoms with Crippen molar-refractivity contribution in [2.75, 3.05) is 12.0 Å². The lowest BCUT2D eigenvalue weighted by atomic mass is 10.2. The van der Waals surface area contributed by atoms with Crippen molar-refractivity contribution < 1.29 is 19.3 Å². The van der Waals surface area contributed by atoms with Crippen LogP contribution in [0.4, 0.5) is 17.1 Å². The fourth-order valence-electron chi connectivity index (χ4n) is 2.89. The monoisotopic (exact) mass is 450 g/mol. The molecule has 1 N–H and O–H groups in total. The third-order valence-electron chi connectivity index (χ3n) is 4.57. The summed E-state index contributed by atoms with van der Waals surface area (Å²) in [4.78, 5) is 20.7. The second kappa shape index (κ2) is 10.7. The van der Waals surface area contributed by atoms with Gasteiger partial charge in [-0.15, -0.1) is 0 Å². The van der Waals surface area contributed by atoms with E-state index >= 15 is 0 Å². The van der Waals surface area contributed by atoms with Gasteiger partial charge in [0.1, 0.15) is 12.3 Å². The Bertz CT molecular complexity index is 1180. The molecule has 10 heteroatoms. The van der Waals surface area contributed by atoms with Gasteiger partial charge in [-0.05, 0) is 49.2 Å². The van der Waals surface area contributed by atoms with Gasteiger partial charge in [-0.25, -0.2) is 0 Å². The molecule has 0 unspecified atom stereocenters. The van der Waals surface area contributed by atoms with Crippen LogP contribution in [0.15, 0.2) is 65.8 Å². The normalized spacial score (nSPS) is 10.7. The third kappa shape index (κ3) is 6.26. The largest absolute Gasteiger partial charge is 0.490 e. The number of aryl methyl sites for hydroxylation is 1. The van der Waals surface area contributed by atoms with Gasteiger partial charge in [0.2, 0.25) is 0 Å². The molecule has 0 atom stereocenters. The standard InChI is InChI=1S/C23H22N4O6/c1-3-32-23-12-18(8-11-22(23)33-15-17-6-4-16(2)5-7-17)14-24-25-20-10-9-19(26(28)29)13-21(20)27(30)31/h4-14,25H,3,15H2,1-2H3/b24-14-. The van der Waals surface area contributed by atoms with Crippen LogP contribution in [0.1, 0.15) is 23.6 Å². The average molecular weight is 450 g/mol. The molecule has 0 aliphatic carbocycles. The second-order valence-corrected chi connectivity index (χ2v) is 7.00. The lowest BCUT2D eigenvalue weighted by Gasteiger charge is -2.13. The second-order valence-electron chi connectivity index (χ2n) is 7.00. The van der Waals surface area contributed by atoms with Gasteiger partial charge in [0, 0.05) is 6.07 Å². The van der Waals surface area contributed by atoms with Crippen LogP contribution in [0, 0.1) is 27.2 Å². The van der Waals surface area contributed by atoms with Crippen molar-refractivity contribution in [3.63, 3.8) is 0 Å². The summed E-state index contributed by atoms with van der Waals surface area (Å²) in [6.45, 7) is 4.71. The highest BCUT2D eigenvalue weighted by Gasteiger charge is 2.19. The molecule has 0 aliphatic heterocycles. The lowest BCUT2D eigenvalue weighted by molar-refractivity contribution is -0.393. The maximum atomic E-state index is 11.2. The van der Waals surface area contributed by atoms with E-state index in [-0.39, 0.29) is 11.4 Å². The molecule has 10 nitrogen and oxygen atoms in total. The number of nitrogens with one attached hydrogen (secondary N) is 1. The minimum Gasteiger partial charge on any atom is -0.490 e. The van der Waals surface area contributed by atoms with Gasteiger partial charge in [0.25, 0.3) is 5.69 Å². The molecule has 0 fully saturated rings. The number of non-ortho nitro benzene ring substituents is 1. The topological polar surface area (TPSA) is 129 Å². The number of nitro groups is 2. The van der Waals surface area contributed by atoms with Gasteiger partial charge in [-0.1, -0.05) is 29.8 Å². The molecule has 0 aromatic heterocycles. The van der Waals surface area contributed by atoms with Crippen LogP contribution in [0.3, 0.4) is 0 Å². The molecule has 0 heterocycles. The van der Waals surface area contributed by atoms with E-state index in [1.165, 1.54) is 17.8 Å². The van der Waals surface area contributed by atoms with Crippen molar-refractivity contribution in [2.24, 2.45) is 5.10 Å². The Kier molecular flexibility index (Phi) is 7.53. The van der Waals surface area contributed by atoms with E-state index in [1.54, 1.807) is 18.2 Å². The summed E-state index contributed by atoms with van der Waals surface area (Å²) in [6, 6.07) is 16.6. The molecule has 0 spiro atoms. The highest BCUT2D eigenvalue weighted by Crippen LogP contribution is 2.30. The summed E-state index contributed by atoms with van der Waals surface area (Å²) < 4.78 is 11.6. The quantitative estimate of drug-likeness (QED) is 0.254. The van der Waals surface area contributed by atoms with Crippen LogP contribution in [0.25, 0.3) is 0 Å². The van der Waals surface area contributed by atoms with E-state index in [0.29, 0.717) is 30.3 Å². The molecule has 170 valence electrons. The Balaban J connectivity index is 1.73. The van der Waals surface area contributed by atoms with Gasteiger partial charge >= 0.3 is 5.69 Å². The Hall–Kier alpha value is -4.47. The zero-order chi connectivity index (χ0) is 23.8. The molecular weight excluding hydrogens is 428 g/mol. The fourth-order valence-corrected chi connectivity index (χ4v) is 2.89. The number of hydrazone groups is 1. The first-order chi connectivity index (χ1) is 15.9. The summed E-state index contributed by atoms with van der Waals surface area (Å²) in [6.07, 6.45) is 1.46. The third-order valence-corrected chi connectivity index (χ3v) is 4.57. The summed E-state index contributed by atoms with van der Waals surface area (Å²) in [7, 11) is 0. The van der Waals surface area contributed by atoms with Gasteiger partial charge in [-0.2, -0.15) is 5.10 Å². The first-order valence-corrected chi connectivity index (χ1v) is 10.0. The molecule has 0 radical (unpaired) electrons. The fraction of sp³-hybridized carbons (Fsp3) is 0.174. The van der Waals surface area contributed by atoms with Gasteiger partial charge in [0.15, 0.2) is 11.5 Å². The van der Waals surface area contributed by atoms with Gasteiger partial charge in [-0.3, -0.25) is 25.7 Å². The van der Waals surface area contributed by atoms with Crippen molar-refractivity contribution in [2.45, 2.75) is 20.5 Å². The summed E-state index contributed by atoms with van der Waals surface area (Å²) in [5.41, 5.74) is 4.63. The molecule has 0 amide bonds. The Morgan fingerprint density at radius 3 is 2.36 bits per heavy atom. The van der Waals surface area contributed by atoms with Crippen LogP contribution in [-0.2, 0) is 6.61 Å². The zero-order valence-corrected chi connectivity index (χ0v) is 18.1. The molecule has 3 aromatic carbocycles. The van der Waals surface area contributed by atoms with Crippen LogP contribution < -0.4 is 14.9 Å². The van der Waals surface area contributed by atoms with Crippen LogP contribution in [0.2, 0.25) is 0 Å². The number of ether oxygens (including phenoxy) is 2. The van der Waals surface area contributed by atoms with Gasteiger partial charge in [0.05, 0.1) is 28.7 Å². The van der Waals surface area contributed by atoms with E-state index < -0.39 is 15.5 Å². The van der Waals surface area contributed by atoms with E-state index in [9.17, 15) is 20.2 Å². The van der Waals surface area contributed by atoms with Crippen molar-refractivity contribution in [3.8, 4) is 11.5 Å². The van der Waals surface area contributed by atoms with E-state index in [4.69, 9.17) is 9.47 Å². The number of nitrogens with zero attached hydrogens (tertiary/aromatic N) is 3. The molecule has 0 saturated heterocycles. The minimum absolute atomic E-state index is 0.0323. The number of hydrogen-bond acceptors (Lipinski definition) is 8. The molecule has 3 aromatic rings. The minimum atomic E-state index is -0.710. The molecule has 33 heavy (non-hydrogen) atoms. The highest BCUT2D eigenvalue weighted by atomic mass is 16.6. The van der Waals surface area contributed by atoms with Crippen LogP contribution in [0.5, 0.6) is 11.5 Å². The SMILES string of the molecule is CCOc1cc(/C=N\Nc2ccc([N+](=O)[O-])cc2[N+](=O)[O-])ccc1OCc1ccc(C)cc1. The molecular formula is C23H22N4O6.